The number of fused-ring (bicyclic) bond motifs is 1. The van der Waals surface area contributed by atoms with Crippen molar-refractivity contribution in [2.75, 3.05) is 0 Å². The third-order valence-corrected chi connectivity index (χ3v) is 6.70. The van der Waals surface area contributed by atoms with E-state index in [2.05, 4.69) is 41.0 Å². The third-order valence-electron chi connectivity index (χ3n) is 4.71. The summed E-state index contributed by atoms with van der Waals surface area (Å²) >= 11 is 2.39. The molecule has 0 bridgehead atoms. The molecular weight excluding hydrogens is 434 g/mol. The monoisotopic (exact) mass is 446 g/mol. The van der Waals surface area contributed by atoms with Gasteiger partial charge in [-0.3, -0.25) is 0 Å². The minimum Gasteiger partial charge on any atom is -0.236 e. The number of tetrazole rings is 2. The first-order valence-electron chi connectivity index (χ1n) is 9.24. The van der Waals surface area contributed by atoms with Gasteiger partial charge in [0.15, 0.2) is 5.82 Å². The van der Waals surface area contributed by atoms with Gasteiger partial charge in [-0.15, -0.1) is 10.2 Å². The Hall–Kier alpha value is -2.74. The second-order valence-corrected chi connectivity index (χ2v) is 8.98. The Labute approximate surface area is 175 Å². The van der Waals surface area contributed by atoms with E-state index in [1.807, 2.05) is 0 Å². The van der Waals surface area contributed by atoms with Crippen LogP contribution in [0.25, 0.3) is 11.0 Å². The van der Waals surface area contributed by atoms with E-state index in [-0.39, 0.29) is 23.1 Å². The zero-order valence-electron chi connectivity index (χ0n) is 15.2. The molecule has 0 unspecified atom stereocenters. The number of halogens is 2. The average molecular weight is 446 g/mol. The Kier molecular flexibility index (Phi) is 4.16. The van der Waals surface area contributed by atoms with E-state index >= 15 is 0 Å². The van der Waals surface area contributed by atoms with Crippen LogP contribution >= 0.6 is 23.5 Å². The molecule has 3 aromatic heterocycles. The fourth-order valence-electron chi connectivity index (χ4n) is 2.96. The van der Waals surface area contributed by atoms with Crippen LogP contribution in [0.15, 0.2) is 32.5 Å². The molecule has 0 saturated heterocycles. The summed E-state index contributed by atoms with van der Waals surface area (Å²) in [7, 11) is 0. The summed E-state index contributed by atoms with van der Waals surface area (Å²) in [5, 5.41) is 25.6. The summed E-state index contributed by atoms with van der Waals surface area (Å²) in [6.07, 6.45) is 4.04. The van der Waals surface area contributed by atoms with Crippen molar-refractivity contribution < 1.29 is 8.78 Å². The summed E-state index contributed by atoms with van der Waals surface area (Å²) < 4.78 is 31.6. The number of benzene rings is 1. The maximum atomic E-state index is 14.4. The van der Waals surface area contributed by atoms with Crippen molar-refractivity contribution in [2.24, 2.45) is 0 Å². The SMILES string of the molecule is Fc1cc(F)c2nc(Sc3nnnn3C3CC3)c(Sc3nnnn3C3CC3)nc2c1. The molecular formula is C16H12F2N10S2. The Morgan fingerprint density at radius 1 is 0.800 bits per heavy atom. The highest BCUT2D eigenvalue weighted by molar-refractivity contribution is 8.02. The Balaban J connectivity index is 1.45. The highest BCUT2D eigenvalue weighted by atomic mass is 32.2. The van der Waals surface area contributed by atoms with Gasteiger partial charge in [-0.25, -0.2) is 28.1 Å². The van der Waals surface area contributed by atoms with E-state index in [0.717, 1.165) is 37.8 Å². The van der Waals surface area contributed by atoms with Crippen LogP contribution in [0.5, 0.6) is 0 Å². The van der Waals surface area contributed by atoms with Crippen molar-refractivity contribution in [1.82, 2.24) is 50.4 Å². The Morgan fingerprint density at radius 2 is 1.37 bits per heavy atom. The second-order valence-electron chi connectivity index (χ2n) is 7.07. The average Bonchev–Trinajstić information content (AvgIpc) is 3.65. The van der Waals surface area contributed by atoms with Gasteiger partial charge >= 0.3 is 0 Å². The van der Waals surface area contributed by atoms with Crippen molar-refractivity contribution in [3.63, 3.8) is 0 Å². The molecule has 10 nitrogen and oxygen atoms in total. The maximum Gasteiger partial charge on any atom is 0.215 e. The first kappa shape index (κ1) is 18.1. The molecule has 0 atom stereocenters. The first-order chi connectivity index (χ1) is 14.7. The lowest BCUT2D eigenvalue weighted by Crippen LogP contribution is -2.02. The molecule has 4 aromatic rings. The summed E-state index contributed by atoms with van der Waals surface area (Å²) in [5.41, 5.74) is 0.0991. The van der Waals surface area contributed by atoms with E-state index in [1.165, 1.54) is 23.5 Å². The maximum absolute atomic E-state index is 14.4. The molecule has 2 aliphatic rings. The molecule has 2 saturated carbocycles. The number of nitrogens with zero attached hydrogens (tertiary/aromatic N) is 10. The smallest absolute Gasteiger partial charge is 0.215 e. The predicted octanol–water partition coefficient (Wildman–Crippen LogP) is 2.85. The van der Waals surface area contributed by atoms with Gasteiger partial charge in [0.2, 0.25) is 10.3 Å². The van der Waals surface area contributed by atoms with Gasteiger partial charge in [-0.1, -0.05) is 0 Å². The van der Waals surface area contributed by atoms with Crippen LogP contribution in [-0.2, 0) is 0 Å². The van der Waals surface area contributed by atoms with E-state index in [0.29, 0.717) is 20.4 Å². The van der Waals surface area contributed by atoms with E-state index in [4.69, 9.17) is 0 Å². The van der Waals surface area contributed by atoms with Crippen molar-refractivity contribution in [3.8, 4) is 0 Å². The van der Waals surface area contributed by atoms with Crippen LogP contribution in [0, 0.1) is 11.6 Å². The highest BCUT2D eigenvalue weighted by Crippen LogP contribution is 2.42. The van der Waals surface area contributed by atoms with Crippen LogP contribution in [0.2, 0.25) is 0 Å². The van der Waals surface area contributed by atoms with Crippen molar-refractivity contribution in [3.05, 3.63) is 23.8 Å². The summed E-state index contributed by atoms with van der Waals surface area (Å²) in [6.45, 7) is 0. The zero-order chi connectivity index (χ0) is 20.2. The van der Waals surface area contributed by atoms with Gasteiger partial charge < -0.3 is 0 Å². The number of rotatable bonds is 6. The summed E-state index contributed by atoms with van der Waals surface area (Å²) in [4.78, 5) is 8.91. The van der Waals surface area contributed by atoms with Gasteiger partial charge in [0, 0.05) is 12.1 Å². The molecule has 2 aliphatic carbocycles. The minimum absolute atomic E-state index is 0.0181. The molecule has 14 heteroatoms. The van der Waals surface area contributed by atoms with E-state index in [1.54, 1.807) is 9.36 Å². The summed E-state index contributed by atoms with van der Waals surface area (Å²) in [6, 6.07) is 2.48. The fourth-order valence-corrected chi connectivity index (χ4v) is 4.82. The van der Waals surface area contributed by atoms with Crippen LogP contribution in [-0.4, -0.2) is 50.4 Å². The number of hydrogen-bond acceptors (Lipinski definition) is 10. The van der Waals surface area contributed by atoms with Crippen LogP contribution in [0.4, 0.5) is 8.78 Å². The molecule has 6 rings (SSSR count). The number of aromatic nitrogens is 10. The minimum atomic E-state index is -0.777. The van der Waals surface area contributed by atoms with E-state index in [9.17, 15) is 8.78 Å². The van der Waals surface area contributed by atoms with Gasteiger partial charge in [0.1, 0.15) is 21.4 Å². The van der Waals surface area contributed by atoms with Gasteiger partial charge in [-0.05, 0) is 70.1 Å². The van der Waals surface area contributed by atoms with Gasteiger partial charge in [0.25, 0.3) is 0 Å². The quantitative estimate of drug-likeness (QED) is 0.438. The van der Waals surface area contributed by atoms with Crippen molar-refractivity contribution in [1.29, 1.82) is 0 Å². The normalized spacial score (nSPS) is 16.5. The molecule has 3 heterocycles. The molecule has 30 heavy (non-hydrogen) atoms. The number of hydrogen-bond donors (Lipinski definition) is 0. The van der Waals surface area contributed by atoms with Crippen molar-refractivity contribution >= 4 is 34.6 Å². The Bertz CT molecular complexity index is 1270. The first-order valence-corrected chi connectivity index (χ1v) is 10.9. The molecule has 152 valence electrons. The van der Waals surface area contributed by atoms with Gasteiger partial charge in [-0.2, -0.15) is 0 Å². The van der Waals surface area contributed by atoms with E-state index < -0.39 is 11.6 Å². The molecule has 0 N–H and O–H groups in total. The molecule has 0 radical (unpaired) electrons. The largest absolute Gasteiger partial charge is 0.236 e. The zero-order valence-corrected chi connectivity index (χ0v) is 16.8. The standard InChI is InChI=1S/C16H12F2N10S2/c17-7-5-10(18)12-11(6-7)19-13(29-15-21-23-25-27(15)8-1-2-8)14(20-12)30-16-22-24-26-28(16)9-3-4-9/h5-6,8-9H,1-4H2. The molecule has 0 aliphatic heterocycles. The second kappa shape index (κ2) is 6.91. The lowest BCUT2D eigenvalue weighted by atomic mass is 10.3. The molecule has 2 fully saturated rings. The van der Waals surface area contributed by atoms with Crippen LogP contribution in [0.3, 0.4) is 0 Å². The van der Waals surface area contributed by atoms with Crippen LogP contribution < -0.4 is 0 Å². The Morgan fingerprint density at radius 3 is 1.93 bits per heavy atom. The lowest BCUT2D eigenvalue weighted by molar-refractivity contribution is 0.564. The molecule has 0 spiro atoms. The molecule has 1 aromatic carbocycles. The third kappa shape index (κ3) is 3.29. The van der Waals surface area contributed by atoms with Crippen molar-refractivity contribution in [2.45, 2.75) is 58.1 Å². The predicted molar refractivity (Wildman–Crippen MR) is 99.9 cm³/mol. The van der Waals surface area contributed by atoms with Gasteiger partial charge in [0.05, 0.1) is 17.6 Å². The topological polar surface area (TPSA) is 113 Å². The fraction of sp³-hybridized carbons (Fsp3) is 0.375. The summed E-state index contributed by atoms with van der Waals surface area (Å²) in [5.74, 6) is -1.49. The molecule has 0 amide bonds. The highest BCUT2D eigenvalue weighted by Gasteiger charge is 2.31. The van der Waals surface area contributed by atoms with Crippen LogP contribution in [0.1, 0.15) is 37.8 Å². The lowest BCUT2D eigenvalue weighted by Gasteiger charge is -2.09.